The van der Waals surface area contributed by atoms with Gasteiger partial charge in [-0.2, -0.15) is 46.8 Å². The summed E-state index contributed by atoms with van der Waals surface area (Å²) in [5, 5.41) is 142. The van der Waals surface area contributed by atoms with Crippen LogP contribution in [0.2, 0.25) is 0 Å². The number of aliphatic hydroxyl groups is 10. The highest BCUT2D eigenvalue weighted by Gasteiger charge is 2.60. The van der Waals surface area contributed by atoms with Crippen molar-refractivity contribution in [2.75, 3.05) is 19.8 Å². The molecule has 5 saturated heterocycles. The van der Waals surface area contributed by atoms with Crippen LogP contribution in [0, 0.1) is 0 Å². The topological polar surface area (TPSA) is 792 Å². The van der Waals surface area contributed by atoms with Gasteiger partial charge >= 0.3 is 69.8 Å². The van der Waals surface area contributed by atoms with Crippen LogP contribution in [0.1, 0.15) is 6.92 Å². The summed E-state index contributed by atoms with van der Waals surface area (Å²) in [5.41, 5.74) is 5.75. The highest BCUT2D eigenvalue weighted by atomic mass is 32.3. The average Bonchev–Trinajstić information content (AvgIpc) is 0.775. The third-order valence-electron chi connectivity index (χ3n) is 13.7. The van der Waals surface area contributed by atoms with E-state index in [2.05, 4.69) is 16.7 Å². The molecule has 1 unspecified atom stereocenters. The van der Waals surface area contributed by atoms with Crippen LogP contribution in [0.4, 0.5) is 0 Å². The van der Waals surface area contributed by atoms with E-state index in [1.165, 1.54) is 4.72 Å². The quantitative estimate of drug-likeness (QED) is 0.0340. The Balaban J connectivity index is 1.30. The Morgan fingerprint density at radius 2 is 0.903 bits per heavy atom. The van der Waals surface area contributed by atoms with Gasteiger partial charge in [0.2, 0.25) is 18.0 Å². The van der Waals surface area contributed by atoms with Gasteiger partial charge in [0, 0.05) is 6.92 Å². The summed E-state index contributed by atoms with van der Waals surface area (Å²) in [7, 11) is -28.5. The molecule has 1 amide bonds. The van der Waals surface area contributed by atoms with Crippen molar-refractivity contribution in [3.63, 3.8) is 0 Å². The molecular weight excluding hydrogens is 1410 g/mol. The lowest BCUT2D eigenvalue weighted by Crippen LogP contribution is -2.71. The minimum Gasteiger partial charge on any atom is -0.506 e. The van der Waals surface area contributed by atoms with Crippen molar-refractivity contribution in [1.82, 2.24) is 10.0 Å². The molecule has 0 aromatic heterocycles. The Kier molecular flexibility index (Phi) is 25.3. The van der Waals surface area contributed by atoms with Gasteiger partial charge < -0.3 is 130 Å². The van der Waals surface area contributed by atoms with E-state index < -0.39 is 279 Å². The van der Waals surface area contributed by atoms with Gasteiger partial charge in [-0.1, -0.05) is 0 Å². The lowest BCUT2D eigenvalue weighted by molar-refractivity contribution is -0.376. The first-order valence-electron chi connectivity index (χ1n) is 25.3. The van der Waals surface area contributed by atoms with Gasteiger partial charge in [0.15, 0.2) is 55.5 Å². The first-order chi connectivity index (χ1) is 42.6. The Bertz CT molecular complexity index is 3290. The van der Waals surface area contributed by atoms with Crippen LogP contribution in [0.3, 0.4) is 0 Å². The molecule has 0 aromatic carbocycles. The maximum Gasteiger partial charge on any atom is 0.397 e. The summed E-state index contributed by atoms with van der Waals surface area (Å²) in [6.07, 6.45) is -65.9. The minimum atomic E-state index is -5.83. The van der Waals surface area contributed by atoms with E-state index in [4.69, 9.17) is 57.8 Å². The fourth-order valence-electron chi connectivity index (χ4n) is 9.74. The minimum absolute atomic E-state index is 0.731. The number of carboxylic acids is 3. The van der Waals surface area contributed by atoms with E-state index in [0.29, 0.717) is 0 Å². The zero-order chi connectivity index (χ0) is 70.3. The summed E-state index contributed by atoms with van der Waals surface area (Å²) in [5.74, 6) is -11.4. The number of aliphatic hydroxyl groups excluding tert-OH is 10. The largest absolute Gasteiger partial charge is 0.506 e. The van der Waals surface area contributed by atoms with Gasteiger partial charge in [0.1, 0.15) is 110 Å². The maximum atomic E-state index is 13.0. The molecule has 6 aliphatic rings. The number of nitrogens with two attached hydrogens (primary N) is 1. The molecule has 6 rings (SSSR count). The number of carboxylic acid groups (broad SMARTS) is 3. The van der Waals surface area contributed by atoms with E-state index >= 15 is 0 Å². The van der Waals surface area contributed by atoms with Gasteiger partial charge in [0.25, 0.3) is 0 Å². The van der Waals surface area contributed by atoms with E-state index in [1.807, 2.05) is 5.32 Å². The van der Waals surface area contributed by atoms with Crippen molar-refractivity contribution in [2.24, 2.45) is 5.73 Å². The molecule has 0 aromatic rings. The molecule has 0 saturated carbocycles. The third-order valence-corrected chi connectivity index (χ3v) is 16.0. The normalized spacial score (nSPS) is 40.8. The van der Waals surface area contributed by atoms with Crippen LogP contribution in [-0.2, 0) is 140 Å². The maximum absolute atomic E-state index is 13.0. The number of carbonyl (C=O) groups excluding carboxylic acids is 1. The van der Waals surface area contributed by atoms with Crippen LogP contribution >= 0.6 is 0 Å². The highest BCUT2D eigenvalue weighted by molar-refractivity contribution is 7.83. The first kappa shape index (κ1) is 77.8. The molecule has 6 heterocycles. The number of ether oxygens (including phenoxy) is 11. The number of amides is 1. The third kappa shape index (κ3) is 19.8. The summed E-state index contributed by atoms with van der Waals surface area (Å²) in [6, 6.07) is -7.10. The monoisotopic (exact) mass is 1470 g/mol. The van der Waals surface area contributed by atoms with Crippen LogP contribution in [0.15, 0.2) is 11.5 Å². The Morgan fingerprint density at radius 3 is 1.30 bits per heavy atom. The van der Waals surface area contributed by atoms with Crippen molar-refractivity contribution in [3.8, 4) is 0 Å². The second kappa shape index (κ2) is 30.3. The predicted molar refractivity (Wildman–Crippen MR) is 268 cm³/mol. The molecule has 93 heavy (non-hydrogen) atoms. The van der Waals surface area contributed by atoms with Crippen LogP contribution in [0.25, 0.3) is 0 Å². The molecule has 28 atom stereocenters. The molecule has 0 radical (unpaired) electrons. The predicted octanol–water partition coefficient (Wildman–Crippen LogP) is -14.0. The van der Waals surface area contributed by atoms with E-state index in [1.54, 1.807) is 0 Å². The summed E-state index contributed by atoms with van der Waals surface area (Å²) < 4.78 is 244. The van der Waals surface area contributed by atoms with Gasteiger partial charge in [-0.05, 0) is 0 Å². The molecule has 22 N–H and O–H groups in total. The zero-order valence-electron chi connectivity index (χ0n) is 45.8. The number of nitrogens with one attached hydrogen (secondary N) is 2. The molecule has 5 fully saturated rings. The highest BCUT2D eigenvalue weighted by Crippen LogP contribution is 2.38. The van der Waals surface area contributed by atoms with E-state index in [-0.39, 0.29) is 0 Å². The molecule has 0 bridgehead atoms. The molecule has 6 aliphatic heterocycles. The van der Waals surface area contributed by atoms with E-state index in [0.717, 1.165) is 6.92 Å². The molecule has 55 heteroatoms. The number of carbonyl (C=O) groups is 4. The second-order valence-corrected chi connectivity index (χ2v) is 25.5. The zero-order valence-corrected chi connectivity index (χ0v) is 49.9. The molecule has 538 valence electrons. The van der Waals surface area contributed by atoms with Crippen molar-refractivity contribution >= 4 is 75.7 Å². The van der Waals surface area contributed by atoms with Gasteiger partial charge in [0.05, 0.1) is 25.9 Å². The fraction of sp³-hybridized carbons (Fsp3) is 0.842. The number of aliphatic carboxylic acids is 3. The Labute approximate surface area is 519 Å². The number of hydrogen-bond donors (Lipinski definition) is 21. The van der Waals surface area contributed by atoms with Gasteiger partial charge in [-0.15, -0.1) is 0 Å². The summed E-state index contributed by atoms with van der Waals surface area (Å²) in [4.78, 5) is 50.3. The van der Waals surface area contributed by atoms with Gasteiger partial charge in [-0.3, -0.25) is 27.6 Å². The molecular formula is C38H59N3O47S5. The van der Waals surface area contributed by atoms with Crippen molar-refractivity contribution in [3.05, 3.63) is 11.5 Å². The van der Waals surface area contributed by atoms with Crippen LogP contribution < -0.4 is 15.8 Å². The number of rotatable bonds is 27. The van der Waals surface area contributed by atoms with Crippen molar-refractivity contribution in [2.45, 2.75) is 179 Å². The van der Waals surface area contributed by atoms with Gasteiger partial charge in [-0.25, -0.2) is 31.1 Å². The standard InChI is InChI=1S/C38H59N3O47S5/c1-5(43)40-10-12(44)20(7(3-74-90(62,63)64)77-34(10)82-24-17(49)19(51)37(86-28(24)31(54)55)81-22-6(2-42)76-33(58)9(39)23(22)87-92(68,69)70)79-36-18(50)16(48)25(29(85-36)32(56)57)83-35-11(41-89(59,60)61)13(45)21(8(78-35)4-75-91(65,66)67)80-38-27(88-93(71,72)73)15(47)14(46)26(84-38)30(52)53/h6-13,15-25,27-29,33-38,41-42,44-51,58H,2-4,39H2,1H3,(H,40,43)(H,52,53)(H,54,55)(H,56,57)(H,59,60,61)(H,62,63,64)(H,65,66,67)(H,68,69,70)(H,71,72,73)/t6-,7-,8-,9-,10-,11-,12-,13-,15+,16-,17-,18-,19-,20-,21-,22-,23-,24+,25+,27-,28+,29-,33?,34-,35-,36-,37-,38-/m1/s1. The number of hydrogen-bond acceptors (Lipinski definition) is 40. The van der Waals surface area contributed by atoms with Crippen molar-refractivity contribution < 1.29 is 219 Å². The van der Waals surface area contributed by atoms with E-state index in [9.17, 15) is 150 Å². The first-order valence-corrected chi connectivity index (χ1v) is 32.2. The Morgan fingerprint density at radius 1 is 0.495 bits per heavy atom. The SMILES string of the molecule is CC(=O)N[C@H]1[C@@H](O[C@H]2[C@H](O)[C@@H](O)[C@H](O[C@H]3[C@H](OS(=O)(=O)O)[C@@H](N)C(O)O[C@@H]3CO)O[C@@H]2C(=O)O)O[C@H](COS(=O)(=O)O)[C@@H](O[C@@H]2O[C@@H](C(=O)O)[C@@H](O[C@H]3O[C@H](COS(=O)(=O)O)[C@@H](O[C@@H]4OC(C(=O)O)=C(O)[C@H](O)[C@H]4OS(=O)(=O)O)[C@H](O)[C@H]3NS(=O)(=O)O)[C@H](O)[C@H]2O)[C@@H]1O. The smallest absolute Gasteiger partial charge is 0.397 e. The summed E-state index contributed by atoms with van der Waals surface area (Å²) >= 11 is 0. The lowest BCUT2D eigenvalue weighted by Gasteiger charge is -2.50. The summed E-state index contributed by atoms with van der Waals surface area (Å²) in [6.45, 7) is -3.84. The average molecular weight is 1470 g/mol. The molecule has 50 nitrogen and oxygen atoms in total. The Hall–Kier alpha value is -4.23. The van der Waals surface area contributed by atoms with Crippen LogP contribution in [-0.4, -0.2) is 347 Å². The van der Waals surface area contributed by atoms with Crippen LogP contribution in [0.5, 0.6) is 0 Å². The molecule has 0 spiro atoms. The van der Waals surface area contributed by atoms with Crippen molar-refractivity contribution in [1.29, 1.82) is 0 Å². The lowest BCUT2D eigenvalue weighted by atomic mass is 9.94. The molecule has 0 aliphatic carbocycles. The fourth-order valence-corrected chi connectivity index (χ4v) is 11.9. The second-order valence-electron chi connectivity index (χ2n) is 20.1.